The van der Waals surface area contributed by atoms with E-state index in [-0.39, 0.29) is 17.9 Å². The van der Waals surface area contributed by atoms with Crippen molar-refractivity contribution in [2.24, 2.45) is 5.73 Å². The molecule has 0 aromatic rings. The predicted molar refractivity (Wildman–Crippen MR) is 68.8 cm³/mol. The van der Waals surface area contributed by atoms with Crippen molar-refractivity contribution < 1.29 is 9.59 Å². The van der Waals surface area contributed by atoms with Crippen molar-refractivity contribution in [3.8, 4) is 0 Å². The molecule has 1 aliphatic carbocycles. The van der Waals surface area contributed by atoms with Crippen LogP contribution >= 0.6 is 0 Å². The van der Waals surface area contributed by atoms with E-state index in [9.17, 15) is 9.59 Å². The van der Waals surface area contributed by atoms with Crippen molar-refractivity contribution in [2.45, 2.75) is 57.7 Å². The van der Waals surface area contributed by atoms with Crippen molar-refractivity contribution in [1.29, 1.82) is 0 Å². The summed E-state index contributed by atoms with van der Waals surface area (Å²) in [5, 5.41) is 0. The summed E-state index contributed by atoms with van der Waals surface area (Å²) < 4.78 is 0. The van der Waals surface area contributed by atoms with Gasteiger partial charge in [-0.3, -0.25) is 9.59 Å². The van der Waals surface area contributed by atoms with Crippen molar-refractivity contribution in [1.82, 2.24) is 9.80 Å². The molecule has 18 heavy (non-hydrogen) atoms. The Hall–Kier alpha value is -1.10. The Bertz CT molecular complexity index is 339. The molecule has 1 aliphatic heterocycles. The summed E-state index contributed by atoms with van der Waals surface area (Å²) in [6.45, 7) is 4.77. The number of nitrogens with zero attached hydrogens (tertiary/aromatic N) is 2. The third-order valence-electron chi connectivity index (χ3n) is 3.79. The van der Waals surface area contributed by atoms with E-state index in [4.69, 9.17) is 5.73 Å². The van der Waals surface area contributed by atoms with Gasteiger partial charge in [0.2, 0.25) is 11.8 Å². The zero-order chi connectivity index (χ0) is 13.3. The highest BCUT2D eigenvalue weighted by Crippen LogP contribution is 2.31. The van der Waals surface area contributed by atoms with E-state index in [1.807, 2.05) is 9.80 Å². The molecule has 2 N–H and O–H groups in total. The summed E-state index contributed by atoms with van der Waals surface area (Å²) in [4.78, 5) is 27.5. The number of piperidine rings is 1. The van der Waals surface area contributed by atoms with E-state index in [2.05, 4.69) is 0 Å². The fraction of sp³-hybridized carbons (Fsp3) is 0.846. The second-order valence-electron chi connectivity index (χ2n) is 5.53. The minimum atomic E-state index is -0.449. The summed E-state index contributed by atoms with van der Waals surface area (Å²) in [5.74, 6) is 0.136. The standard InChI is InChI=1S/C13H23N3O2/c1-9(14)13(18)15-7-3-4-12(8-15)16(10(2)17)11-5-6-11/h9,11-12H,3-8,14H2,1-2H3/t9-,12-/m0/s1. The smallest absolute Gasteiger partial charge is 0.239 e. The van der Waals surface area contributed by atoms with Gasteiger partial charge in [0, 0.05) is 32.1 Å². The summed E-state index contributed by atoms with van der Waals surface area (Å²) in [7, 11) is 0. The third-order valence-corrected chi connectivity index (χ3v) is 3.79. The maximum Gasteiger partial charge on any atom is 0.239 e. The molecule has 1 heterocycles. The van der Waals surface area contributed by atoms with Gasteiger partial charge in [-0.05, 0) is 32.6 Å². The number of carbonyl (C=O) groups is 2. The highest BCUT2D eigenvalue weighted by Gasteiger charge is 2.38. The monoisotopic (exact) mass is 253 g/mol. The first kappa shape index (κ1) is 13.3. The van der Waals surface area contributed by atoms with E-state index in [1.54, 1.807) is 13.8 Å². The van der Waals surface area contributed by atoms with E-state index in [0.717, 1.165) is 32.2 Å². The summed E-state index contributed by atoms with van der Waals surface area (Å²) in [5.41, 5.74) is 5.65. The molecule has 0 aromatic heterocycles. The van der Waals surface area contributed by atoms with Crippen LogP contribution in [0, 0.1) is 0 Å². The van der Waals surface area contributed by atoms with Gasteiger partial charge in [-0.2, -0.15) is 0 Å². The number of amides is 2. The average molecular weight is 253 g/mol. The molecule has 5 nitrogen and oxygen atoms in total. The van der Waals surface area contributed by atoms with Crippen LogP contribution in [0.2, 0.25) is 0 Å². The summed E-state index contributed by atoms with van der Waals surface area (Å²) in [6.07, 6.45) is 4.17. The van der Waals surface area contributed by atoms with Crippen LogP contribution in [0.15, 0.2) is 0 Å². The van der Waals surface area contributed by atoms with Crippen LogP contribution in [0.1, 0.15) is 39.5 Å². The third kappa shape index (κ3) is 2.83. The Morgan fingerprint density at radius 1 is 1.28 bits per heavy atom. The molecular weight excluding hydrogens is 230 g/mol. The second kappa shape index (κ2) is 5.26. The minimum absolute atomic E-state index is 0.000927. The first-order valence-corrected chi connectivity index (χ1v) is 6.84. The van der Waals surface area contributed by atoms with Crippen molar-refractivity contribution in [3.05, 3.63) is 0 Å². The van der Waals surface area contributed by atoms with Gasteiger partial charge in [-0.1, -0.05) is 0 Å². The van der Waals surface area contributed by atoms with Crippen LogP contribution in [0.4, 0.5) is 0 Å². The van der Waals surface area contributed by atoms with Crippen molar-refractivity contribution in [2.75, 3.05) is 13.1 Å². The van der Waals surface area contributed by atoms with Crippen LogP contribution in [0.25, 0.3) is 0 Å². The molecular formula is C13H23N3O2. The summed E-state index contributed by atoms with van der Waals surface area (Å²) in [6, 6.07) is 0.153. The van der Waals surface area contributed by atoms with Crippen LogP contribution in [-0.4, -0.2) is 52.8 Å². The SMILES string of the molecule is CC(=O)N(C1CC1)[C@H]1CCCN(C(=O)[C@H](C)N)C1. The molecule has 2 atom stereocenters. The van der Waals surface area contributed by atoms with Crippen LogP contribution in [0.5, 0.6) is 0 Å². The molecule has 2 amide bonds. The van der Waals surface area contributed by atoms with E-state index in [1.165, 1.54) is 0 Å². The lowest BCUT2D eigenvalue weighted by atomic mass is 10.0. The Balaban J connectivity index is 2.01. The van der Waals surface area contributed by atoms with Gasteiger partial charge >= 0.3 is 0 Å². The second-order valence-corrected chi connectivity index (χ2v) is 5.53. The first-order valence-electron chi connectivity index (χ1n) is 6.84. The Labute approximate surface area is 108 Å². The van der Waals surface area contributed by atoms with Gasteiger partial charge in [0.25, 0.3) is 0 Å². The lowest BCUT2D eigenvalue weighted by molar-refractivity contribution is -0.139. The molecule has 2 fully saturated rings. The fourth-order valence-corrected chi connectivity index (χ4v) is 2.84. The van der Waals surface area contributed by atoms with E-state index >= 15 is 0 Å². The van der Waals surface area contributed by atoms with Gasteiger partial charge in [0.1, 0.15) is 0 Å². The van der Waals surface area contributed by atoms with Gasteiger partial charge in [-0.15, -0.1) is 0 Å². The number of likely N-dealkylation sites (tertiary alicyclic amines) is 1. The number of rotatable bonds is 3. The highest BCUT2D eigenvalue weighted by molar-refractivity contribution is 5.81. The molecule has 0 spiro atoms. The fourth-order valence-electron chi connectivity index (χ4n) is 2.84. The molecule has 0 radical (unpaired) electrons. The normalized spacial score (nSPS) is 25.7. The molecule has 5 heteroatoms. The quantitative estimate of drug-likeness (QED) is 0.788. The van der Waals surface area contributed by atoms with Gasteiger partial charge < -0.3 is 15.5 Å². The van der Waals surface area contributed by atoms with Gasteiger partial charge in [-0.25, -0.2) is 0 Å². The van der Waals surface area contributed by atoms with Crippen LogP contribution < -0.4 is 5.73 Å². The molecule has 0 unspecified atom stereocenters. The van der Waals surface area contributed by atoms with Crippen LogP contribution in [0.3, 0.4) is 0 Å². The Morgan fingerprint density at radius 2 is 1.94 bits per heavy atom. The average Bonchev–Trinajstić information content (AvgIpc) is 3.12. The van der Waals surface area contributed by atoms with Gasteiger partial charge in [0.05, 0.1) is 6.04 Å². The maximum atomic E-state index is 11.9. The number of hydrogen-bond acceptors (Lipinski definition) is 3. The lowest BCUT2D eigenvalue weighted by Gasteiger charge is -2.39. The zero-order valence-corrected chi connectivity index (χ0v) is 11.3. The lowest BCUT2D eigenvalue weighted by Crippen LogP contribution is -2.54. The van der Waals surface area contributed by atoms with Crippen molar-refractivity contribution >= 4 is 11.8 Å². The topological polar surface area (TPSA) is 66.6 Å². The minimum Gasteiger partial charge on any atom is -0.339 e. The predicted octanol–water partition coefficient (Wildman–Crippen LogP) is 0.336. The molecule has 2 rings (SSSR count). The van der Waals surface area contributed by atoms with Crippen molar-refractivity contribution in [3.63, 3.8) is 0 Å². The number of carbonyl (C=O) groups excluding carboxylic acids is 2. The molecule has 0 aromatic carbocycles. The molecule has 102 valence electrons. The molecule has 0 bridgehead atoms. The number of nitrogens with two attached hydrogens (primary N) is 1. The highest BCUT2D eigenvalue weighted by atomic mass is 16.2. The Kier molecular flexibility index (Phi) is 3.90. The summed E-state index contributed by atoms with van der Waals surface area (Å²) >= 11 is 0. The molecule has 1 saturated carbocycles. The largest absolute Gasteiger partial charge is 0.339 e. The molecule has 1 saturated heterocycles. The van der Waals surface area contributed by atoms with E-state index in [0.29, 0.717) is 12.6 Å². The number of hydrogen-bond donors (Lipinski definition) is 1. The van der Waals surface area contributed by atoms with E-state index < -0.39 is 6.04 Å². The zero-order valence-electron chi connectivity index (χ0n) is 11.3. The molecule has 2 aliphatic rings. The maximum absolute atomic E-state index is 11.9. The van der Waals surface area contributed by atoms with Gasteiger partial charge in [0.15, 0.2) is 0 Å². The first-order chi connectivity index (χ1) is 8.50. The Morgan fingerprint density at radius 3 is 2.44 bits per heavy atom. The van der Waals surface area contributed by atoms with Crippen LogP contribution in [-0.2, 0) is 9.59 Å².